The third-order valence-corrected chi connectivity index (χ3v) is 4.68. The van der Waals surface area contributed by atoms with E-state index in [1.807, 2.05) is 19.9 Å². The molecule has 31 heavy (non-hydrogen) atoms. The van der Waals surface area contributed by atoms with Crippen molar-refractivity contribution in [1.29, 1.82) is 0 Å². The molecule has 9 heteroatoms. The maximum atomic E-state index is 12.6. The van der Waals surface area contributed by atoms with E-state index in [4.69, 9.17) is 13.9 Å². The number of nitro benzene ring substituents is 1. The number of esters is 2. The minimum atomic E-state index is -0.889. The summed E-state index contributed by atoms with van der Waals surface area (Å²) in [5.41, 5.74) is 1.33. The van der Waals surface area contributed by atoms with Gasteiger partial charge in [-0.05, 0) is 50.1 Å². The molecule has 0 aliphatic heterocycles. The number of rotatable bonds is 6. The Kier molecular flexibility index (Phi) is 6.15. The van der Waals surface area contributed by atoms with Crippen molar-refractivity contribution in [3.63, 3.8) is 0 Å². The van der Waals surface area contributed by atoms with Crippen LogP contribution >= 0.6 is 0 Å². The van der Waals surface area contributed by atoms with E-state index < -0.39 is 28.2 Å². The van der Waals surface area contributed by atoms with Crippen LogP contribution in [0.5, 0.6) is 0 Å². The van der Waals surface area contributed by atoms with E-state index in [1.165, 1.54) is 6.07 Å². The van der Waals surface area contributed by atoms with E-state index in [0.717, 1.165) is 29.3 Å². The van der Waals surface area contributed by atoms with Gasteiger partial charge in [0.1, 0.15) is 12.2 Å². The smallest absolute Gasteiger partial charge is 0.338 e. The highest BCUT2D eigenvalue weighted by Gasteiger charge is 2.20. The number of nitro groups is 1. The Labute approximate surface area is 176 Å². The van der Waals surface area contributed by atoms with E-state index in [9.17, 15) is 24.5 Å². The second-order valence-electron chi connectivity index (χ2n) is 6.85. The minimum absolute atomic E-state index is 0.0733. The Bertz CT molecular complexity index is 1260. The number of hydrogen-bond donors (Lipinski definition) is 0. The number of aryl methyl sites for hydroxylation is 2. The lowest BCUT2D eigenvalue weighted by Crippen LogP contribution is -2.11. The van der Waals surface area contributed by atoms with E-state index >= 15 is 0 Å². The van der Waals surface area contributed by atoms with E-state index in [1.54, 1.807) is 13.0 Å². The first kappa shape index (κ1) is 21.7. The summed E-state index contributed by atoms with van der Waals surface area (Å²) in [5, 5.41) is 11.8. The molecular formula is C22H19NO8. The van der Waals surface area contributed by atoms with Crippen LogP contribution in [0.3, 0.4) is 0 Å². The largest absolute Gasteiger partial charge is 0.462 e. The van der Waals surface area contributed by atoms with Crippen LogP contribution in [-0.4, -0.2) is 23.5 Å². The van der Waals surface area contributed by atoms with Gasteiger partial charge >= 0.3 is 17.6 Å². The summed E-state index contributed by atoms with van der Waals surface area (Å²) in [6.45, 7) is 5.18. The number of non-ortho nitro benzene ring substituents is 1. The van der Waals surface area contributed by atoms with Crippen molar-refractivity contribution in [1.82, 2.24) is 0 Å². The Morgan fingerprint density at radius 3 is 2.19 bits per heavy atom. The van der Waals surface area contributed by atoms with Crippen molar-refractivity contribution in [2.75, 3.05) is 6.61 Å². The topological polar surface area (TPSA) is 126 Å². The van der Waals surface area contributed by atoms with Gasteiger partial charge in [-0.2, -0.15) is 0 Å². The summed E-state index contributed by atoms with van der Waals surface area (Å²) in [6, 6.07) is 7.97. The van der Waals surface area contributed by atoms with Gasteiger partial charge in [0.15, 0.2) is 0 Å². The quantitative estimate of drug-likeness (QED) is 0.252. The Hall–Kier alpha value is -4.01. The second kappa shape index (κ2) is 8.78. The SMILES string of the molecule is CCOC(=O)c1cc(C(=O)OCc2cc(=O)oc3cc(C)c(C)cc23)cc([N+](=O)[O-])c1. The zero-order valence-electron chi connectivity index (χ0n) is 17.1. The molecule has 0 spiro atoms. The van der Waals surface area contributed by atoms with E-state index in [0.29, 0.717) is 16.5 Å². The molecule has 9 nitrogen and oxygen atoms in total. The summed E-state index contributed by atoms with van der Waals surface area (Å²) < 4.78 is 15.3. The molecule has 1 aromatic heterocycles. The summed E-state index contributed by atoms with van der Waals surface area (Å²) in [5.74, 6) is -1.68. The Morgan fingerprint density at radius 2 is 1.58 bits per heavy atom. The maximum absolute atomic E-state index is 12.6. The first-order chi connectivity index (χ1) is 14.7. The lowest BCUT2D eigenvalue weighted by molar-refractivity contribution is -0.384. The highest BCUT2D eigenvalue weighted by molar-refractivity contribution is 5.96. The van der Waals surface area contributed by atoms with E-state index in [2.05, 4.69) is 0 Å². The number of carbonyl (C=O) groups excluding carboxylic acids is 2. The van der Waals surface area contributed by atoms with Crippen molar-refractivity contribution in [3.8, 4) is 0 Å². The van der Waals surface area contributed by atoms with Gasteiger partial charge in [0.25, 0.3) is 5.69 Å². The van der Waals surface area contributed by atoms with Crippen molar-refractivity contribution < 1.29 is 28.4 Å². The Balaban J connectivity index is 1.92. The van der Waals surface area contributed by atoms with Gasteiger partial charge in [0.05, 0.1) is 22.7 Å². The number of hydrogen-bond acceptors (Lipinski definition) is 8. The predicted molar refractivity (Wildman–Crippen MR) is 110 cm³/mol. The molecule has 0 amide bonds. The van der Waals surface area contributed by atoms with Gasteiger partial charge in [0.2, 0.25) is 0 Å². The van der Waals surface area contributed by atoms with Crippen LogP contribution < -0.4 is 5.63 Å². The maximum Gasteiger partial charge on any atom is 0.338 e. The first-order valence-corrected chi connectivity index (χ1v) is 9.37. The number of ether oxygens (including phenoxy) is 2. The van der Waals surface area contributed by atoms with Crippen LogP contribution in [0.4, 0.5) is 5.69 Å². The normalized spacial score (nSPS) is 10.7. The zero-order valence-corrected chi connectivity index (χ0v) is 17.1. The number of nitrogens with zero attached hydrogens (tertiary/aromatic N) is 1. The molecule has 0 saturated carbocycles. The van der Waals surface area contributed by atoms with Crippen molar-refractivity contribution in [2.24, 2.45) is 0 Å². The highest BCUT2D eigenvalue weighted by Crippen LogP contribution is 2.23. The van der Waals surface area contributed by atoms with Gasteiger partial charge < -0.3 is 13.9 Å². The van der Waals surface area contributed by atoms with Gasteiger partial charge in [-0.1, -0.05) is 0 Å². The molecule has 0 bridgehead atoms. The zero-order chi connectivity index (χ0) is 22.7. The third-order valence-electron chi connectivity index (χ3n) is 4.68. The Morgan fingerprint density at radius 1 is 0.968 bits per heavy atom. The second-order valence-corrected chi connectivity index (χ2v) is 6.85. The van der Waals surface area contributed by atoms with Crippen molar-refractivity contribution in [2.45, 2.75) is 27.4 Å². The molecule has 0 atom stereocenters. The molecule has 0 aliphatic carbocycles. The summed E-state index contributed by atoms with van der Waals surface area (Å²) in [4.78, 5) is 46.9. The molecule has 160 valence electrons. The predicted octanol–water partition coefficient (Wildman–Crippen LogP) is 3.85. The first-order valence-electron chi connectivity index (χ1n) is 9.37. The molecule has 1 heterocycles. The molecule has 2 aromatic carbocycles. The number of benzene rings is 2. The van der Waals surface area contributed by atoms with Crippen LogP contribution in [0.1, 0.15) is 44.3 Å². The monoisotopic (exact) mass is 425 g/mol. The van der Waals surface area contributed by atoms with Gasteiger partial charge in [0, 0.05) is 29.1 Å². The van der Waals surface area contributed by atoms with Gasteiger partial charge in [-0.15, -0.1) is 0 Å². The lowest BCUT2D eigenvalue weighted by Gasteiger charge is -2.10. The van der Waals surface area contributed by atoms with Gasteiger partial charge in [-0.25, -0.2) is 14.4 Å². The van der Waals surface area contributed by atoms with Crippen LogP contribution in [0.2, 0.25) is 0 Å². The number of carbonyl (C=O) groups is 2. The molecule has 0 saturated heterocycles. The number of fused-ring (bicyclic) bond motifs is 1. The van der Waals surface area contributed by atoms with Crippen molar-refractivity contribution >= 4 is 28.6 Å². The van der Waals surface area contributed by atoms with Crippen LogP contribution in [0, 0.1) is 24.0 Å². The minimum Gasteiger partial charge on any atom is -0.462 e. The fourth-order valence-corrected chi connectivity index (χ4v) is 3.00. The average Bonchev–Trinajstić information content (AvgIpc) is 2.72. The fourth-order valence-electron chi connectivity index (χ4n) is 3.00. The molecular weight excluding hydrogens is 406 g/mol. The molecule has 3 aromatic rings. The third kappa shape index (κ3) is 4.77. The van der Waals surface area contributed by atoms with E-state index in [-0.39, 0.29) is 24.3 Å². The van der Waals surface area contributed by atoms with Crippen LogP contribution in [-0.2, 0) is 16.1 Å². The van der Waals surface area contributed by atoms with Crippen LogP contribution in [0.25, 0.3) is 11.0 Å². The molecule has 0 aliphatic rings. The fraction of sp³-hybridized carbons (Fsp3) is 0.227. The highest BCUT2D eigenvalue weighted by atomic mass is 16.6. The summed E-state index contributed by atoms with van der Waals surface area (Å²) in [7, 11) is 0. The van der Waals surface area contributed by atoms with Crippen LogP contribution in [0.15, 0.2) is 45.6 Å². The lowest BCUT2D eigenvalue weighted by atomic mass is 10.0. The summed E-state index contributed by atoms with van der Waals surface area (Å²) >= 11 is 0. The summed E-state index contributed by atoms with van der Waals surface area (Å²) in [6.07, 6.45) is 0. The molecule has 0 N–H and O–H groups in total. The molecule has 0 unspecified atom stereocenters. The molecule has 3 rings (SSSR count). The molecule has 0 radical (unpaired) electrons. The van der Waals surface area contributed by atoms with Crippen molar-refractivity contribution in [3.05, 3.63) is 84.7 Å². The average molecular weight is 425 g/mol. The van der Waals surface area contributed by atoms with Gasteiger partial charge in [-0.3, -0.25) is 10.1 Å². The molecule has 0 fully saturated rings. The standard InChI is InChI=1S/C22H19NO8/c1-4-29-21(25)14-7-15(9-17(8-14)23(27)28)22(26)30-11-16-10-20(24)31-19-6-13(3)12(2)5-18(16)19/h5-10H,4,11H2,1-3H3.